The van der Waals surface area contributed by atoms with Crippen LogP contribution in [0.1, 0.15) is 41.9 Å². The molecule has 0 spiro atoms. The zero-order valence-corrected chi connectivity index (χ0v) is 27.7. The quantitative estimate of drug-likeness (QED) is 0.208. The van der Waals surface area contributed by atoms with Gasteiger partial charge in [-0.2, -0.15) is 13.2 Å². The topological polar surface area (TPSA) is 107 Å². The molecule has 10 nitrogen and oxygen atoms in total. The van der Waals surface area contributed by atoms with Gasteiger partial charge in [0.15, 0.2) is 0 Å². The zero-order chi connectivity index (χ0) is 34.6. The van der Waals surface area contributed by atoms with Crippen LogP contribution < -0.4 is 24.0 Å². The van der Waals surface area contributed by atoms with Crippen LogP contribution in [0.3, 0.4) is 0 Å². The molecular weight excluding hydrogens is 646 g/mol. The molecule has 15 heteroatoms. The molecule has 2 aromatic carbocycles. The Morgan fingerprint density at radius 3 is 2.44 bits per heavy atom. The number of alkyl halides is 3. The predicted octanol–water partition coefficient (Wildman–Crippen LogP) is 4.74. The highest BCUT2D eigenvalue weighted by molar-refractivity contribution is 7.92. The summed E-state index contributed by atoms with van der Waals surface area (Å²) < 4.78 is 86.4. The van der Waals surface area contributed by atoms with Crippen LogP contribution in [-0.2, 0) is 22.7 Å². The summed E-state index contributed by atoms with van der Waals surface area (Å²) in [7, 11) is 8.83. The first-order valence-electron chi connectivity index (χ1n) is 15.1. The van der Waals surface area contributed by atoms with Gasteiger partial charge in [0.1, 0.15) is 42.5 Å². The smallest absolute Gasteiger partial charge is 0.416 e. The van der Waals surface area contributed by atoms with Crippen LogP contribution in [0.2, 0.25) is 0 Å². The summed E-state index contributed by atoms with van der Waals surface area (Å²) in [5.74, 6) is 1.04. The number of likely N-dealkylation sites (N-methyl/N-ethyl adjacent to an activating group) is 1. The lowest BCUT2D eigenvalue weighted by Crippen LogP contribution is -2.46. The molecule has 0 bridgehead atoms. The molecule has 1 fully saturated rings. The van der Waals surface area contributed by atoms with Gasteiger partial charge >= 0.3 is 6.18 Å². The van der Waals surface area contributed by atoms with E-state index < -0.39 is 21.8 Å². The van der Waals surface area contributed by atoms with Crippen LogP contribution in [-0.4, -0.2) is 76.6 Å². The fourth-order valence-corrected chi connectivity index (χ4v) is 7.27. The van der Waals surface area contributed by atoms with Crippen molar-refractivity contribution in [1.82, 2.24) is 19.9 Å². The third-order valence-electron chi connectivity index (χ3n) is 8.44. The molecule has 0 N–H and O–H groups in total. The molecule has 2 aromatic heterocycles. The number of hydrogen-bond donors (Lipinski definition) is 0. The monoisotopic (exact) mass is 681 g/mol. The van der Waals surface area contributed by atoms with Crippen molar-refractivity contribution in [2.24, 2.45) is 0 Å². The van der Waals surface area contributed by atoms with Crippen LogP contribution in [0.4, 0.5) is 19.0 Å². The Morgan fingerprint density at radius 2 is 1.79 bits per heavy atom. The van der Waals surface area contributed by atoms with Crippen LogP contribution in [0.15, 0.2) is 78.2 Å². The van der Waals surface area contributed by atoms with Crippen LogP contribution >= 0.6 is 0 Å². The van der Waals surface area contributed by atoms with Gasteiger partial charge in [-0.1, -0.05) is 18.2 Å². The van der Waals surface area contributed by atoms with E-state index in [1.165, 1.54) is 57.2 Å². The number of rotatable bonds is 11. The van der Waals surface area contributed by atoms with E-state index in [2.05, 4.69) is 15.0 Å². The van der Waals surface area contributed by atoms with Gasteiger partial charge in [0.05, 0.1) is 32.5 Å². The molecule has 5 rings (SSSR count). The van der Waals surface area contributed by atoms with Crippen LogP contribution in [0, 0.1) is 0 Å². The number of halogens is 3. The Morgan fingerprint density at radius 1 is 1.00 bits per heavy atom. The summed E-state index contributed by atoms with van der Waals surface area (Å²) in [5, 5.41) is 0. The highest BCUT2D eigenvalue weighted by Gasteiger charge is 2.37. The van der Waals surface area contributed by atoms with Gasteiger partial charge in [0, 0.05) is 29.9 Å². The fraction of sp³-hybridized carbons (Fsp3) is 0.364. The zero-order valence-electron chi connectivity index (χ0n) is 26.9. The number of aromatic nitrogens is 3. The summed E-state index contributed by atoms with van der Waals surface area (Å²) in [5.41, 5.74) is 0.520. The summed E-state index contributed by atoms with van der Waals surface area (Å²) >= 11 is 0. The Labute approximate surface area is 279 Å². The van der Waals surface area contributed by atoms with E-state index in [4.69, 9.17) is 22.1 Å². The highest BCUT2D eigenvalue weighted by Crippen LogP contribution is 2.39. The van der Waals surface area contributed by atoms with E-state index in [1.54, 1.807) is 24.3 Å². The molecule has 1 saturated carbocycles. The lowest BCUT2D eigenvalue weighted by Gasteiger charge is -2.40. The van der Waals surface area contributed by atoms with E-state index in [0.29, 0.717) is 41.9 Å². The minimum Gasteiger partial charge on any atom is -0.497 e. The summed E-state index contributed by atoms with van der Waals surface area (Å²) in [6.07, 6.45) is 0.709. The maximum Gasteiger partial charge on any atom is 0.416 e. The molecule has 48 heavy (non-hydrogen) atoms. The molecule has 1 aliphatic rings. The lowest BCUT2D eigenvalue weighted by atomic mass is 9.79. The van der Waals surface area contributed by atoms with E-state index >= 15 is 0 Å². The molecule has 2 heterocycles. The standard InChI is InChI=1S/C33H35BF3N5O5S/c1-41(2)28-15-22(21-6-5-7-24(14-21)33(35,36)37)9-11-29(28)47-32-27(34)17-26(18-39-32)48(43,44)42(31-12-13-38-20-40-31)19-23-8-10-25(45-3)16-30(23)46-4/h5-8,10,12-14,16-18,20,22,28-29H,9,11,15,19H2,1-4H3/t22-,28-,29-/m0/s1. The van der Waals surface area contributed by atoms with Gasteiger partial charge < -0.3 is 19.1 Å². The van der Waals surface area contributed by atoms with Gasteiger partial charge in [0.25, 0.3) is 10.0 Å². The minimum atomic E-state index is -4.42. The van der Waals surface area contributed by atoms with Crippen LogP contribution in [0.25, 0.3) is 0 Å². The van der Waals surface area contributed by atoms with Gasteiger partial charge in [-0.3, -0.25) is 0 Å². The van der Waals surface area contributed by atoms with Crippen molar-refractivity contribution >= 4 is 29.2 Å². The van der Waals surface area contributed by atoms with Crippen molar-refractivity contribution in [3.8, 4) is 17.4 Å². The van der Waals surface area contributed by atoms with Gasteiger partial charge in [-0.25, -0.2) is 27.7 Å². The number of ether oxygens (including phenoxy) is 3. The Hall–Kier alpha value is -4.37. The first-order chi connectivity index (χ1) is 22.8. The minimum absolute atomic E-state index is 0.0123. The average Bonchev–Trinajstić information content (AvgIpc) is 3.08. The number of pyridine rings is 1. The second-order valence-electron chi connectivity index (χ2n) is 11.6. The molecule has 2 radical (unpaired) electrons. The molecule has 0 amide bonds. The van der Waals surface area contributed by atoms with Gasteiger partial charge in [-0.15, -0.1) is 0 Å². The predicted molar refractivity (Wildman–Crippen MR) is 174 cm³/mol. The average molecular weight is 682 g/mol. The van der Waals surface area contributed by atoms with E-state index in [1.807, 2.05) is 19.0 Å². The molecule has 0 aliphatic heterocycles. The number of benzene rings is 2. The summed E-state index contributed by atoms with van der Waals surface area (Å²) in [6, 6.07) is 13.1. The van der Waals surface area contributed by atoms with E-state index in [9.17, 15) is 21.6 Å². The fourth-order valence-electron chi connectivity index (χ4n) is 5.89. The molecular formula is C33H35BF3N5O5S. The van der Waals surface area contributed by atoms with E-state index in [-0.39, 0.29) is 46.7 Å². The number of methoxy groups -OCH3 is 2. The number of sulfonamides is 1. The van der Waals surface area contributed by atoms with Crippen molar-refractivity contribution in [3.63, 3.8) is 0 Å². The molecule has 3 atom stereocenters. The third-order valence-corrected chi connectivity index (χ3v) is 10.2. The molecule has 252 valence electrons. The van der Waals surface area contributed by atoms with Crippen molar-refractivity contribution in [1.29, 1.82) is 0 Å². The van der Waals surface area contributed by atoms with Gasteiger partial charge in [-0.05, 0) is 74.6 Å². The Bertz CT molecular complexity index is 1830. The second-order valence-corrected chi connectivity index (χ2v) is 13.5. The molecule has 0 saturated heterocycles. The highest BCUT2D eigenvalue weighted by atomic mass is 32.2. The van der Waals surface area contributed by atoms with Crippen LogP contribution in [0.5, 0.6) is 17.4 Å². The van der Waals surface area contributed by atoms with Gasteiger partial charge in [0.2, 0.25) is 5.88 Å². The Kier molecular flexibility index (Phi) is 10.5. The second kappa shape index (κ2) is 14.4. The van der Waals surface area contributed by atoms with Crippen molar-refractivity contribution in [2.75, 3.05) is 32.6 Å². The lowest BCUT2D eigenvalue weighted by molar-refractivity contribution is -0.137. The largest absolute Gasteiger partial charge is 0.497 e. The third kappa shape index (κ3) is 7.68. The van der Waals surface area contributed by atoms with Crippen molar-refractivity contribution in [3.05, 3.63) is 90.0 Å². The summed E-state index contributed by atoms with van der Waals surface area (Å²) in [6.45, 7) is -0.135. The number of anilines is 1. The number of hydrogen-bond acceptors (Lipinski definition) is 9. The van der Waals surface area contributed by atoms with Crippen molar-refractivity contribution < 1.29 is 35.8 Å². The maximum atomic E-state index is 14.1. The SMILES string of the molecule is [B]c1cc(S(=O)(=O)N(Cc2ccc(OC)cc2OC)c2ccncn2)cnc1O[C@H]1CC[C@H](c2cccc(C(F)(F)F)c2)C[C@@H]1N(C)C. The van der Waals surface area contributed by atoms with E-state index in [0.717, 1.165) is 10.4 Å². The number of nitrogens with zero attached hydrogens (tertiary/aromatic N) is 5. The van der Waals surface area contributed by atoms with Crippen molar-refractivity contribution in [2.45, 2.75) is 54.9 Å². The Balaban J connectivity index is 1.38. The molecule has 0 unspecified atom stereocenters. The normalized spacial score (nSPS) is 18.4. The molecule has 1 aliphatic carbocycles. The molecule has 4 aromatic rings. The summed E-state index contributed by atoms with van der Waals surface area (Å²) in [4.78, 5) is 14.2. The maximum absolute atomic E-state index is 14.1. The first kappa shape index (κ1) is 35.0. The first-order valence-corrected chi connectivity index (χ1v) is 16.5.